The topological polar surface area (TPSA) is 117 Å². The summed E-state index contributed by atoms with van der Waals surface area (Å²) in [5.41, 5.74) is 6.00. The lowest BCUT2D eigenvalue weighted by Crippen LogP contribution is -2.48. The van der Waals surface area contributed by atoms with Gasteiger partial charge in [0.25, 0.3) is 15.1 Å². The Morgan fingerprint density at radius 2 is 1.98 bits per heavy atom. The average molecular weight is 624 g/mol. The summed E-state index contributed by atoms with van der Waals surface area (Å²) in [6.45, 7) is 6.43. The summed E-state index contributed by atoms with van der Waals surface area (Å²) in [6.07, 6.45) is 6.56. The first-order valence-corrected chi connectivity index (χ1v) is 17.1. The van der Waals surface area contributed by atoms with Crippen LogP contribution >= 0.6 is 11.3 Å². The fraction of sp³-hybridized carbons (Fsp3) is 0.438. The lowest BCUT2D eigenvalue weighted by molar-refractivity contribution is -0.674. The van der Waals surface area contributed by atoms with Crippen LogP contribution in [0.15, 0.2) is 58.6 Å². The molecule has 0 radical (unpaired) electrons. The van der Waals surface area contributed by atoms with Gasteiger partial charge < -0.3 is 19.5 Å². The number of rotatable bonds is 8. The number of fused-ring (bicyclic) bond motifs is 9. The molecule has 2 N–H and O–H groups in total. The first-order chi connectivity index (χ1) is 20.5. The molecule has 0 amide bonds. The van der Waals surface area contributed by atoms with Crippen molar-refractivity contribution in [1.29, 1.82) is 0 Å². The molecule has 0 aliphatic carbocycles. The van der Waals surface area contributed by atoms with Gasteiger partial charge in [-0.05, 0) is 67.7 Å². The second-order valence-electron chi connectivity index (χ2n) is 12.3. The highest BCUT2D eigenvalue weighted by molar-refractivity contribution is 7.85. The van der Waals surface area contributed by atoms with Gasteiger partial charge in [0.05, 0.1) is 35.3 Å². The molecule has 226 valence electrons. The van der Waals surface area contributed by atoms with Gasteiger partial charge >= 0.3 is 5.97 Å². The van der Waals surface area contributed by atoms with Crippen molar-refractivity contribution in [2.45, 2.75) is 81.4 Å². The summed E-state index contributed by atoms with van der Waals surface area (Å²) < 4.78 is 50.0. The number of carboxylic acid groups (broad SMARTS) is 1. The van der Waals surface area contributed by atoms with Gasteiger partial charge in [-0.15, -0.1) is 0 Å². The summed E-state index contributed by atoms with van der Waals surface area (Å²) >= 11 is 1.76. The predicted octanol–water partition coefficient (Wildman–Crippen LogP) is 5.47. The molecular weight excluding hydrogens is 588 g/mol. The van der Waals surface area contributed by atoms with Gasteiger partial charge in [0.15, 0.2) is 6.54 Å². The molecular formula is C32H35N2O7S2+. The minimum absolute atomic E-state index is 0.0218. The number of nitrogens with zero attached hydrogens (tertiary/aromatic N) is 2. The third kappa shape index (κ3) is 4.86. The smallest absolute Gasteiger partial charge is 0.303 e. The van der Waals surface area contributed by atoms with E-state index in [0.29, 0.717) is 13.0 Å². The Balaban J connectivity index is 1.22. The second-order valence-corrected chi connectivity index (χ2v) is 14.7. The van der Waals surface area contributed by atoms with Crippen LogP contribution in [0.2, 0.25) is 0 Å². The summed E-state index contributed by atoms with van der Waals surface area (Å²) in [5.74, 6) is 0.0588. The van der Waals surface area contributed by atoms with E-state index in [1.807, 2.05) is 12.1 Å². The Labute approximate surface area is 254 Å². The van der Waals surface area contributed by atoms with Crippen molar-refractivity contribution < 1.29 is 36.9 Å². The van der Waals surface area contributed by atoms with E-state index in [-0.39, 0.29) is 23.5 Å². The first kappa shape index (κ1) is 28.5. The van der Waals surface area contributed by atoms with E-state index in [1.165, 1.54) is 21.3 Å². The van der Waals surface area contributed by atoms with E-state index < -0.39 is 21.5 Å². The lowest BCUT2D eigenvalue weighted by atomic mass is 9.78. The maximum atomic E-state index is 11.9. The standard InChI is InChI=1S/C32H34N2O7S2/c1-32(2)23-17-20(43(37,38)39)8-9-24(23)33-13-11-26-21(30(32)33)18-22-27(41-26)12-14-34-25-16-19(7-10-28(25)42-31(22)34)40-15-5-3-4-6-29(35)36/h7-10,16-18,26-27H,3-6,11-15H2,1-2H3,(H-,35,36,37,38,39)/p+1. The molecule has 9 nitrogen and oxygen atoms in total. The third-order valence-corrected chi connectivity index (χ3v) is 11.2. The number of aliphatic carboxylic acids is 1. The van der Waals surface area contributed by atoms with Crippen LogP contribution in [0.3, 0.4) is 0 Å². The molecule has 2 unspecified atom stereocenters. The first-order valence-electron chi connectivity index (χ1n) is 14.8. The second kappa shape index (κ2) is 10.4. The van der Waals surface area contributed by atoms with Crippen molar-refractivity contribution in [2.75, 3.05) is 18.1 Å². The number of carboxylic acids is 1. The zero-order valence-corrected chi connectivity index (χ0v) is 25.8. The Kier molecular flexibility index (Phi) is 6.92. The molecule has 3 aromatic rings. The van der Waals surface area contributed by atoms with E-state index in [0.717, 1.165) is 72.6 Å². The van der Waals surface area contributed by atoms with Crippen LogP contribution in [-0.4, -0.2) is 49.4 Å². The maximum absolute atomic E-state index is 11.9. The number of ether oxygens (including phenoxy) is 2. The molecule has 4 aliphatic rings. The van der Waals surface area contributed by atoms with Crippen LogP contribution in [0.25, 0.3) is 15.8 Å². The molecule has 43 heavy (non-hydrogen) atoms. The minimum atomic E-state index is -4.31. The highest BCUT2D eigenvalue weighted by Crippen LogP contribution is 2.54. The third-order valence-electron chi connectivity index (χ3n) is 9.15. The van der Waals surface area contributed by atoms with Crippen molar-refractivity contribution in [3.05, 3.63) is 64.3 Å². The monoisotopic (exact) mass is 623 g/mol. The quantitative estimate of drug-likeness (QED) is 0.193. The van der Waals surface area contributed by atoms with Crippen LogP contribution in [0.5, 0.6) is 5.75 Å². The van der Waals surface area contributed by atoms with Crippen LogP contribution in [0.1, 0.15) is 62.9 Å². The number of thiazole rings is 1. The van der Waals surface area contributed by atoms with E-state index >= 15 is 0 Å². The summed E-state index contributed by atoms with van der Waals surface area (Å²) in [5, 5.41) is 10.00. The van der Waals surface area contributed by atoms with E-state index in [9.17, 15) is 17.8 Å². The molecule has 11 heteroatoms. The summed E-state index contributed by atoms with van der Waals surface area (Å²) in [7, 11) is -4.31. The van der Waals surface area contributed by atoms with Gasteiger partial charge in [0, 0.05) is 41.8 Å². The number of aryl methyl sites for hydroxylation is 1. The van der Waals surface area contributed by atoms with Gasteiger partial charge in [0.1, 0.15) is 10.4 Å². The number of hydrogen-bond donors (Lipinski definition) is 2. The highest BCUT2D eigenvalue weighted by atomic mass is 32.2. The number of unbranched alkanes of at least 4 members (excludes halogenated alkanes) is 2. The van der Waals surface area contributed by atoms with Crippen LogP contribution in [0, 0.1) is 0 Å². The van der Waals surface area contributed by atoms with Gasteiger partial charge in [-0.2, -0.15) is 13.0 Å². The van der Waals surface area contributed by atoms with Crippen molar-refractivity contribution in [3.63, 3.8) is 0 Å². The highest BCUT2D eigenvalue weighted by Gasteiger charge is 2.49. The largest absolute Gasteiger partial charge is 0.493 e. The number of allylic oxidation sites excluding steroid dienone is 1. The average Bonchev–Trinajstić information content (AvgIpc) is 3.45. The molecule has 0 spiro atoms. The molecule has 2 aromatic carbocycles. The van der Waals surface area contributed by atoms with Crippen molar-refractivity contribution >= 4 is 48.9 Å². The zero-order valence-electron chi connectivity index (χ0n) is 24.2. The van der Waals surface area contributed by atoms with Crippen LogP contribution in [0.4, 0.5) is 5.69 Å². The molecule has 4 aliphatic heterocycles. The zero-order chi connectivity index (χ0) is 30.1. The molecule has 0 bridgehead atoms. The summed E-state index contributed by atoms with van der Waals surface area (Å²) in [6, 6.07) is 11.1. The molecule has 0 fully saturated rings. The Hall–Kier alpha value is -3.25. The normalized spacial score (nSPS) is 21.9. The van der Waals surface area contributed by atoms with Gasteiger partial charge in [0.2, 0.25) is 5.52 Å². The number of benzene rings is 2. The molecule has 5 heterocycles. The van der Waals surface area contributed by atoms with Gasteiger partial charge in [-0.3, -0.25) is 9.35 Å². The van der Waals surface area contributed by atoms with E-state index in [1.54, 1.807) is 17.4 Å². The number of aromatic nitrogens is 1. The van der Waals surface area contributed by atoms with Crippen molar-refractivity contribution in [2.24, 2.45) is 0 Å². The fourth-order valence-corrected chi connectivity index (χ4v) is 8.87. The fourth-order valence-electron chi connectivity index (χ4n) is 7.14. The Morgan fingerprint density at radius 1 is 1.14 bits per heavy atom. The van der Waals surface area contributed by atoms with E-state index in [4.69, 9.17) is 14.6 Å². The maximum Gasteiger partial charge on any atom is 0.303 e. The lowest BCUT2D eigenvalue weighted by Gasteiger charge is -2.41. The summed E-state index contributed by atoms with van der Waals surface area (Å²) in [4.78, 5) is 12.9. The molecule has 0 saturated heterocycles. The van der Waals surface area contributed by atoms with E-state index in [2.05, 4.69) is 41.5 Å². The van der Waals surface area contributed by atoms with Crippen molar-refractivity contribution in [3.8, 4) is 5.75 Å². The number of carbonyl (C=O) groups is 1. The number of anilines is 1. The number of hydrogen-bond acceptors (Lipinski definition) is 7. The van der Waals surface area contributed by atoms with Crippen LogP contribution in [-0.2, 0) is 31.6 Å². The van der Waals surface area contributed by atoms with Gasteiger partial charge in [-0.25, -0.2) is 0 Å². The minimum Gasteiger partial charge on any atom is -0.493 e. The SMILES string of the molecule is CC1(C)C2=C3C=C4c5sc6ccc(OCCCCCC(=O)O)cc6[n+]5CCC4OC3CCN2c2ccc(S(=O)(=O)O)cc21. The van der Waals surface area contributed by atoms with Crippen LogP contribution < -0.4 is 14.2 Å². The van der Waals surface area contributed by atoms with Crippen molar-refractivity contribution in [1.82, 2.24) is 0 Å². The Morgan fingerprint density at radius 3 is 2.77 bits per heavy atom. The molecule has 0 saturated carbocycles. The molecule has 7 rings (SSSR count). The molecule has 1 aromatic heterocycles. The predicted molar refractivity (Wildman–Crippen MR) is 163 cm³/mol. The molecule has 2 atom stereocenters. The Bertz CT molecular complexity index is 1820. The van der Waals surface area contributed by atoms with Gasteiger partial charge in [-0.1, -0.05) is 25.2 Å².